The largest absolute Gasteiger partial charge is 0.454 e. The van der Waals surface area contributed by atoms with Gasteiger partial charge in [0.1, 0.15) is 29.9 Å². The quantitative estimate of drug-likeness (QED) is 0.125. The van der Waals surface area contributed by atoms with Gasteiger partial charge in [0, 0.05) is 48.3 Å². The summed E-state index contributed by atoms with van der Waals surface area (Å²) in [7, 11) is 0.359. The van der Waals surface area contributed by atoms with Crippen molar-refractivity contribution >= 4 is 46.0 Å². The zero-order valence-corrected chi connectivity index (χ0v) is 37.2. The van der Waals surface area contributed by atoms with E-state index >= 15 is 0 Å². The third kappa shape index (κ3) is 6.99. The van der Waals surface area contributed by atoms with Gasteiger partial charge in [0.25, 0.3) is 0 Å². The summed E-state index contributed by atoms with van der Waals surface area (Å²) in [6.07, 6.45) is 1.81. The van der Waals surface area contributed by atoms with Crippen LogP contribution in [0.15, 0.2) is 71.3 Å². The number of furan rings is 1. The number of pyridine rings is 1. The molecule has 0 fully saturated rings. The van der Waals surface area contributed by atoms with Crippen LogP contribution in [0.4, 0.5) is 0 Å². The first kappa shape index (κ1) is 35.7. The molecule has 4 aromatic carbocycles. The van der Waals surface area contributed by atoms with E-state index in [1.807, 2.05) is 17.8 Å². The molecule has 0 atom stereocenters. The zero-order chi connectivity index (χ0) is 43.3. The lowest BCUT2D eigenvalue weighted by Crippen LogP contribution is -2.37. The van der Waals surface area contributed by atoms with Gasteiger partial charge >= 0.3 is 0 Å². The summed E-state index contributed by atoms with van der Waals surface area (Å²) in [5, 5.41) is 5.78. The number of aromatic nitrogens is 4. The molecule has 290 valence electrons. The van der Waals surface area contributed by atoms with Crippen LogP contribution < -0.4 is 9.75 Å². The van der Waals surface area contributed by atoms with E-state index in [0.717, 1.165) is 83.4 Å². The van der Waals surface area contributed by atoms with Crippen LogP contribution in [0.5, 0.6) is 0 Å². The van der Waals surface area contributed by atoms with Crippen LogP contribution in [-0.4, -0.2) is 23.0 Å². The van der Waals surface area contributed by atoms with Gasteiger partial charge in [-0.15, -0.1) is 0 Å². The number of fused-ring (bicyclic) bond motifs is 5. The van der Waals surface area contributed by atoms with Crippen molar-refractivity contribution in [3.63, 3.8) is 0 Å². The first-order valence-electron chi connectivity index (χ1n) is 21.6. The van der Waals surface area contributed by atoms with Gasteiger partial charge in [-0.25, -0.2) is 19.5 Å². The summed E-state index contributed by atoms with van der Waals surface area (Å²) in [5.41, 5.74) is 8.99. The molecule has 3 aromatic heterocycles. The van der Waals surface area contributed by atoms with E-state index in [1.54, 1.807) is 0 Å². The van der Waals surface area contributed by atoms with E-state index in [4.69, 9.17) is 23.5 Å². The molecule has 0 aliphatic heterocycles. The average molecular weight is 765 g/mol. The van der Waals surface area contributed by atoms with E-state index in [-0.39, 0.29) is 22.7 Å². The number of aryl methyl sites for hydroxylation is 3. The van der Waals surface area contributed by atoms with Crippen molar-refractivity contribution in [1.82, 2.24) is 15.0 Å². The molecule has 3 heterocycles. The molecule has 0 bridgehead atoms. The van der Waals surface area contributed by atoms with Crippen LogP contribution in [0.3, 0.4) is 0 Å². The smallest absolute Gasteiger partial charge is 0.216 e. The summed E-state index contributed by atoms with van der Waals surface area (Å²) in [6.45, 7) is 28.3. The highest BCUT2D eigenvalue weighted by Gasteiger charge is 2.29. The third-order valence-electron chi connectivity index (χ3n) is 11.2. The van der Waals surface area contributed by atoms with Gasteiger partial charge in [-0.05, 0) is 77.0 Å². The predicted octanol–water partition coefficient (Wildman–Crippen LogP) is 12.8. The molecular formula is C50H61N4OSi+. The second kappa shape index (κ2) is 13.8. The molecule has 0 aliphatic carbocycles. The fourth-order valence-corrected chi connectivity index (χ4v) is 8.98. The summed E-state index contributed by atoms with van der Waals surface area (Å²) >= 11 is 0. The van der Waals surface area contributed by atoms with Gasteiger partial charge in [-0.1, -0.05) is 130 Å². The maximum absolute atomic E-state index is 8.89. The summed E-state index contributed by atoms with van der Waals surface area (Å²) in [6, 6.07) is 22.0. The Hall–Kier alpha value is -4.68. The number of nitrogens with zero attached hydrogens (tertiary/aromatic N) is 4. The minimum Gasteiger partial charge on any atom is -0.454 e. The predicted molar refractivity (Wildman–Crippen MR) is 240 cm³/mol. The molecule has 0 spiro atoms. The maximum atomic E-state index is 8.89. The zero-order valence-electron chi connectivity index (χ0n) is 39.2. The summed E-state index contributed by atoms with van der Waals surface area (Å²) in [5.74, 6) is 2.25. The van der Waals surface area contributed by atoms with Crippen LogP contribution >= 0.6 is 0 Å². The van der Waals surface area contributed by atoms with Crippen LogP contribution in [0.1, 0.15) is 119 Å². The number of benzene rings is 4. The minimum absolute atomic E-state index is 0.0604. The molecule has 6 heteroatoms. The highest BCUT2D eigenvalue weighted by molar-refractivity contribution is 6.88. The van der Waals surface area contributed by atoms with Gasteiger partial charge in [-0.3, -0.25) is 0 Å². The van der Waals surface area contributed by atoms with Crippen molar-refractivity contribution in [1.29, 1.82) is 0 Å². The Bertz CT molecular complexity index is 2730. The lowest BCUT2D eigenvalue weighted by atomic mass is 9.82. The topological polar surface area (TPSA) is 55.7 Å². The molecule has 0 aliphatic rings. The molecule has 7 aromatic rings. The van der Waals surface area contributed by atoms with Gasteiger partial charge in [-0.2, -0.15) is 0 Å². The average Bonchev–Trinajstić information content (AvgIpc) is 3.51. The van der Waals surface area contributed by atoms with Crippen LogP contribution in [-0.2, 0) is 17.9 Å². The molecule has 0 amide bonds. The van der Waals surface area contributed by atoms with Crippen LogP contribution in [0.25, 0.3) is 66.5 Å². The van der Waals surface area contributed by atoms with Crippen molar-refractivity contribution < 1.29 is 13.1 Å². The van der Waals surface area contributed by atoms with Crippen molar-refractivity contribution in [2.24, 2.45) is 7.05 Å². The van der Waals surface area contributed by atoms with Gasteiger partial charge < -0.3 is 4.42 Å². The molecule has 56 heavy (non-hydrogen) atoms. The molecule has 0 N–H and O–H groups in total. The Labute approximate surface area is 339 Å². The molecule has 7 rings (SSSR count). The summed E-state index contributed by atoms with van der Waals surface area (Å²) < 4.78 is 35.7. The molecule has 0 saturated heterocycles. The van der Waals surface area contributed by atoms with E-state index in [1.165, 1.54) is 5.19 Å². The van der Waals surface area contributed by atoms with Gasteiger partial charge in [0.15, 0.2) is 12.0 Å². The molecule has 0 unspecified atom stereocenters. The van der Waals surface area contributed by atoms with Crippen molar-refractivity contribution in [2.75, 3.05) is 0 Å². The Morgan fingerprint density at radius 2 is 1.25 bits per heavy atom. The standard InChI is InChI=1S/C50H61N4OSi/c1-28(2)37-23-33(46-51-47(49(7,8)9)53-48(52-46)50(10,11)12)24-38(29(3)4)43(37)39-26-41(54(13)27-31(39)6)42-30(5)17-21-36-35-22-19-32-18-20-34(56(14,15)16)25-40(32)44(35)55-45(36)42/h17-29H,1-16H3/q+1/i6D3. The Morgan fingerprint density at radius 1 is 0.679 bits per heavy atom. The Morgan fingerprint density at radius 3 is 1.80 bits per heavy atom. The van der Waals surface area contributed by atoms with Crippen molar-refractivity contribution in [3.05, 3.63) is 101 Å². The van der Waals surface area contributed by atoms with E-state index in [2.05, 4.69) is 156 Å². The molecular weight excluding hydrogens is 701 g/mol. The molecule has 0 saturated carbocycles. The highest BCUT2D eigenvalue weighted by atomic mass is 28.3. The molecule has 0 radical (unpaired) electrons. The van der Waals surface area contributed by atoms with E-state index < -0.39 is 14.9 Å². The summed E-state index contributed by atoms with van der Waals surface area (Å²) in [4.78, 5) is 15.1. The second-order valence-electron chi connectivity index (χ2n) is 19.6. The van der Waals surface area contributed by atoms with Crippen LogP contribution in [0, 0.1) is 13.8 Å². The van der Waals surface area contributed by atoms with E-state index in [9.17, 15) is 0 Å². The van der Waals surface area contributed by atoms with Gasteiger partial charge in [0.2, 0.25) is 5.69 Å². The SMILES string of the molecule is [2H]C([2H])([2H])c1c[n+](C)c(-c2c(C)ccc3c2oc2c4cc([Si](C)(C)C)ccc4ccc32)cc1-c1c(C(C)C)cc(-c2nc(C(C)(C)C)nc(C(C)(C)C)n2)cc1C(C)C. The first-order chi connectivity index (χ1) is 27.3. The molecule has 5 nitrogen and oxygen atoms in total. The minimum atomic E-state index is -2.38. The lowest BCUT2D eigenvalue weighted by Gasteiger charge is -2.25. The maximum Gasteiger partial charge on any atom is 0.216 e. The normalized spacial score (nSPS) is 14.0. The Balaban J connectivity index is 1.54. The second-order valence-corrected chi connectivity index (χ2v) is 24.7. The fraction of sp³-hybridized carbons (Fsp3) is 0.400. The van der Waals surface area contributed by atoms with E-state index in [0.29, 0.717) is 17.0 Å². The van der Waals surface area contributed by atoms with Crippen molar-refractivity contribution in [3.8, 4) is 33.8 Å². The van der Waals surface area contributed by atoms with Crippen LogP contribution in [0.2, 0.25) is 19.6 Å². The number of hydrogen-bond donors (Lipinski definition) is 0. The van der Waals surface area contributed by atoms with Gasteiger partial charge in [0.05, 0.1) is 13.6 Å². The highest BCUT2D eigenvalue weighted by Crippen LogP contribution is 2.44. The lowest BCUT2D eigenvalue weighted by molar-refractivity contribution is -0.660. The monoisotopic (exact) mass is 764 g/mol. The first-order valence-corrected chi connectivity index (χ1v) is 23.6. The number of hydrogen-bond acceptors (Lipinski definition) is 4. The third-order valence-corrected chi connectivity index (χ3v) is 13.2. The number of rotatable bonds is 6. The van der Waals surface area contributed by atoms with Crippen molar-refractivity contribution in [2.45, 2.75) is 125 Å². The fourth-order valence-electron chi connectivity index (χ4n) is 7.82. The Kier molecular flexibility index (Phi) is 8.77.